The van der Waals surface area contributed by atoms with E-state index in [1.54, 1.807) is 0 Å². The van der Waals surface area contributed by atoms with Gasteiger partial charge >= 0.3 is 11.9 Å². The van der Waals surface area contributed by atoms with Crippen LogP contribution in [0.4, 0.5) is 0 Å². The molecule has 0 aromatic rings. The number of carboxylic acid groups (broad SMARTS) is 1. The summed E-state index contributed by atoms with van der Waals surface area (Å²) in [4.78, 5) is 28.1. The Morgan fingerprint density at radius 3 is 1.61 bits per heavy atom. The molecule has 40 unspecified atom stereocenters. The third kappa shape index (κ3) is 13.2. The Hall–Kier alpha value is -2.48. The van der Waals surface area contributed by atoms with Crippen molar-refractivity contribution in [1.29, 1.82) is 0 Å². The van der Waals surface area contributed by atoms with Crippen LogP contribution in [0.2, 0.25) is 0 Å². The fourth-order valence-electron chi connectivity index (χ4n) is 19.5. The van der Waals surface area contributed by atoms with Crippen LogP contribution < -0.4 is 0 Å². The van der Waals surface area contributed by atoms with Gasteiger partial charge in [-0.3, -0.25) is 4.79 Å². The van der Waals surface area contributed by atoms with Crippen molar-refractivity contribution < 1.29 is 163 Å². The zero-order valence-corrected chi connectivity index (χ0v) is 56.8. The van der Waals surface area contributed by atoms with Gasteiger partial charge in [0.15, 0.2) is 37.6 Å². The molecule has 99 heavy (non-hydrogen) atoms. The predicted octanol–water partition coefficient (Wildman–Crippen LogP) is -5.41. The third-order valence-electron chi connectivity index (χ3n) is 25.9. The van der Waals surface area contributed by atoms with Gasteiger partial charge in [-0.05, 0) is 116 Å². The molecule has 6 heterocycles. The number of aliphatic carboxylic acids is 1. The molecule has 11 aliphatic rings. The first-order chi connectivity index (χ1) is 46.5. The third-order valence-corrected chi connectivity index (χ3v) is 25.9. The highest BCUT2D eigenvalue weighted by Gasteiger charge is 2.71. The average Bonchev–Trinajstić information content (AvgIpc) is 0.670. The van der Waals surface area contributed by atoms with Gasteiger partial charge in [0.2, 0.25) is 6.29 Å². The lowest BCUT2D eigenvalue weighted by molar-refractivity contribution is -0.396. The number of fused-ring (bicyclic) bond motifs is 7. The number of esters is 1. The van der Waals surface area contributed by atoms with Gasteiger partial charge in [-0.25, -0.2) is 4.79 Å². The fourth-order valence-corrected chi connectivity index (χ4v) is 19.5. The minimum atomic E-state index is -2.15. The molecule has 33 nitrogen and oxygen atoms in total. The Bertz CT molecular complexity index is 2820. The highest BCUT2D eigenvalue weighted by atomic mass is 16.8. The normalized spacial score (nSPS) is 54.5. The van der Waals surface area contributed by atoms with Crippen molar-refractivity contribution in [1.82, 2.24) is 0 Å². The summed E-state index contributed by atoms with van der Waals surface area (Å²) in [6, 6.07) is 0. The number of carbonyl (C=O) groups excluding carboxylic acids is 1. The summed E-state index contributed by atoms with van der Waals surface area (Å²) in [6.07, 6.45) is -47.2. The lowest BCUT2D eigenvalue weighted by Gasteiger charge is -2.71. The summed E-state index contributed by atoms with van der Waals surface area (Å²) in [7, 11) is 0. The summed E-state index contributed by atoms with van der Waals surface area (Å²) in [5.41, 5.74) is -1.97. The topological polar surface area (TPSA) is 529 Å². The SMILES string of the molecule is CC1CCC2(C(=O)OC3OC(COC4OC(CO)C(OC5OC(C)C(O)C(O)C5O)C(O)C4O)C(O)C(O)C3O)CCC3(C)C(=CCC4C5(C)CCC(OC6OC(C(=O)O)C(O)C(O)C6OC6OC(CO)C(O)C(O)C6OC6OC(CO)C(O)C(O)C6O)C(C)(C)C5CCC43C)C2C1C. The average molecular weight is 1430 g/mol. The van der Waals surface area contributed by atoms with E-state index >= 15 is 4.79 Å². The maximum atomic E-state index is 15.4. The Labute approximate surface area is 571 Å². The van der Waals surface area contributed by atoms with Crippen molar-refractivity contribution in [2.24, 2.45) is 56.7 Å². The van der Waals surface area contributed by atoms with Crippen molar-refractivity contribution >= 4 is 11.9 Å². The molecular formula is C66H106O33. The molecule has 0 bridgehead atoms. The molecule has 4 saturated carbocycles. The van der Waals surface area contributed by atoms with Crippen LogP contribution in [0, 0.1) is 56.7 Å². The predicted molar refractivity (Wildman–Crippen MR) is 327 cm³/mol. The number of hydrogen-bond donors (Lipinski definition) is 19. The van der Waals surface area contributed by atoms with Gasteiger partial charge in [0.1, 0.15) is 134 Å². The molecule has 568 valence electrons. The molecule has 11 rings (SSSR count). The van der Waals surface area contributed by atoms with Crippen molar-refractivity contribution in [3.8, 4) is 0 Å². The number of carbonyl (C=O) groups is 2. The van der Waals surface area contributed by atoms with E-state index in [9.17, 15) is 102 Å². The van der Waals surface area contributed by atoms with Crippen molar-refractivity contribution in [3.05, 3.63) is 11.6 Å². The molecule has 5 aliphatic carbocycles. The molecule has 6 aliphatic heterocycles. The molecule has 10 fully saturated rings. The monoisotopic (exact) mass is 1430 g/mol. The van der Waals surface area contributed by atoms with Crippen LogP contribution in [0.25, 0.3) is 0 Å². The van der Waals surface area contributed by atoms with Crippen molar-refractivity contribution in [3.63, 3.8) is 0 Å². The summed E-state index contributed by atoms with van der Waals surface area (Å²) in [5, 5.41) is 206. The number of aliphatic hydroxyl groups is 18. The van der Waals surface area contributed by atoms with E-state index in [2.05, 4.69) is 40.7 Å². The summed E-state index contributed by atoms with van der Waals surface area (Å²) in [6.45, 7) is 13.4. The Morgan fingerprint density at radius 1 is 0.475 bits per heavy atom. The molecule has 33 heteroatoms. The number of aliphatic hydroxyl groups excluding tert-OH is 18. The summed E-state index contributed by atoms with van der Waals surface area (Å²) >= 11 is 0. The van der Waals surface area contributed by atoms with Gasteiger partial charge in [-0.2, -0.15) is 0 Å². The molecule has 6 saturated heterocycles. The second kappa shape index (κ2) is 29.3. The molecule has 0 aromatic heterocycles. The van der Waals surface area contributed by atoms with Crippen LogP contribution in [0.3, 0.4) is 0 Å². The number of rotatable bonds is 17. The second-order valence-electron chi connectivity index (χ2n) is 31.4. The van der Waals surface area contributed by atoms with Crippen LogP contribution in [-0.2, 0) is 66.4 Å². The van der Waals surface area contributed by atoms with E-state index in [1.807, 2.05) is 13.8 Å². The highest BCUT2D eigenvalue weighted by molar-refractivity contribution is 5.79. The van der Waals surface area contributed by atoms with Crippen molar-refractivity contribution in [2.45, 2.75) is 304 Å². The summed E-state index contributed by atoms with van der Waals surface area (Å²) < 4.78 is 71.4. The van der Waals surface area contributed by atoms with Crippen LogP contribution in [0.1, 0.15) is 113 Å². The van der Waals surface area contributed by atoms with Gasteiger partial charge in [-0.1, -0.05) is 60.1 Å². The van der Waals surface area contributed by atoms with Crippen LogP contribution in [0.15, 0.2) is 11.6 Å². The molecule has 19 N–H and O–H groups in total. The number of allylic oxidation sites excluding steroid dienone is 2. The Kier molecular flexibility index (Phi) is 23.0. The number of hydrogen-bond acceptors (Lipinski definition) is 32. The maximum absolute atomic E-state index is 15.4. The molecule has 0 spiro atoms. The quantitative estimate of drug-likeness (QED) is 0.0367. The first-order valence-corrected chi connectivity index (χ1v) is 34.8. The largest absolute Gasteiger partial charge is 0.479 e. The van der Waals surface area contributed by atoms with Crippen LogP contribution in [-0.4, -0.2) is 326 Å². The maximum Gasteiger partial charge on any atom is 0.335 e. The standard InChI is InChI=1S/C66H106O33/c1-23-11-16-66(61(87)99-58-48(83)41(76)38(73)30(93-58)22-88-55-49(84)45(80)50(29(21-69)92-55)95-56-46(81)39(74)35(70)25(3)89-56)18-17-64(7)26(34(66)24(23)2)9-10-32-63(6)14-13-33(62(4,5)31(63)12-15-65(32,64)8)94-60-53(44(79)43(78)51(96-60)54(85)86)98-59-52(42(77)37(72)28(20-68)91-59)97-57-47(82)40(75)36(71)27(19-67)90-57/h9,23-25,27-53,55-60,67-84H,10-22H2,1-8H3,(H,85,86). The van der Waals surface area contributed by atoms with Gasteiger partial charge in [0, 0.05) is 0 Å². The smallest absolute Gasteiger partial charge is 0.335 e. The zero-order chi connectivity index (χ0) is 72.4. The van der Waals surface area contributed by atoms with Crippen molar-refractivity contribution in [2.75, 3.05) is 26.4 Å². The molecule has 0 aromatic carbocycles. The number of ether oxygens (including phenoxy) is 12. The van der Waals surface area contributed by atoms with E-state index in [4.69, 9.17) is 56.8 Å². The first-order valence-electron chi connectivity index (χ1n) is 34.8. The molecule has 0 amide bonds. The fraction of sp³-hybridized carbons (Fsp3) is 0.939. The first kappa shape index (κ1) is 77.6. The summed E-state index contributed by atoms with van der Waals surface area (Å²) in [5.74, 6) is -2.57. The highest BCUT2D eigenvalue weighted by Crippen LogP contribution is 2.76. The van der Waals surface area contributed by atoms with E-state index in [-0.39, 0.29) is 40.4 Å². The minimum Gasteiger partial charge on any atom is -0.479 e. The lowest BCUT2D eigenvalue weighted by atomic mass is 9.33. The van der Waals surface area contributed by atoms with Gasteiger partial charge in [0.25, 0.3) is 0 Å². The van der Waals surface area contributed by atoms with E-state index in [0.717, 1.165) is 12.0 Å². The zero-order valence-electron chi connectivity index (χ0n) is 56.8. The minimum absolute atomic E-state index is 0.0525. The van der Waals surface area contributed by atoms with Gasteiger partial charge in [-0.15, -0.1) is 0 Å². The van der Waals surface area contributed by atoms with E-state index in [1.165, 1.54) is 6.92 Å². The Balaban J connectivity index is 0.792. The second-order valence-corrected chi connectivity index (χ2v) is 31.4. The molecular weight excluding hydrogens is 1320 g/mol. The Morgan fingerprint density at radius 2 is 0.980 bits per heavy atom. The van der Waals surface area contributed by atoms with Crippen LogP contribution in [0.5, 0.6) is 0 Å². The van der Waals surface area contributed by atoms with E-state index < -0.39 is 245 Å². The molecule has 40 atom stereocenters. The molecule has 0 radical (unpaired) electrons. The lowest BCUT2D eigenvalue weighted by Crippen LogP contribution is -2.68. The van der Waals surface area contributed by atoms with Gasteiger partial charge in [0.05, 0.1) is 44.1 Å². The number of carboxylic acids is 1. The van der Waals surface area contributed by atoms with E-state index in [0.29, 0.717) is 51.4 Å². The van der Waals surface area contributed by atoms with Gasteiger partial charge < -0.3 is 154 Å². The van der Waals surface area contributed by atoms with Crippen LogP contribution >= 0.6 is 0 Å².